The lowest BCUT2D eigenvalue weighted by Gasteiger charge is -2.03. The molecule has 2 heterocycles. The van der Waals surface area contributed by atoms with Crippen molar-refractivity contribution in [2.24, 2.45) is 0 Å². The maximum absolute atomic E-state index is 12.0. The summed E-state index contributed by atoms with van der Waals surface area (Å²) in [7, 11) is 2.80. The van der Waals surface area contributed by atoms with Crippen molar-refractivity contribution < 1.29 is 14.3 Å². The van der Waals surface area contributed by atoms with Gasteiger partial charge in [0, 0.05) is 5.56 Å². The Morgan fingerprint density at radius 3 is 2.71 bits per heavy atom. The quantitative estimate of drug-likeness (QED) is 0.402. The lowest BCUT2D eigenvalue weighted by atomic mass is 10.2. The highest BCUT2D eigenvalue weighted by atomic mass is 35.5. The normalized spacial score (nSPS) is 11.8. The summed E-state index contributed by atoms with van der Waals surface area (Å²) in [5, 5.41) is 5.09. The Kier molecular flexibility index (Phi) is 4.55. The van der Waals surface area contributed by atoms with Crippen molar-refractivity contribution in [3.05, 3.63) is 46.1 Å². The number of carbonyl (C=O) groups excluding carboxylic acids is 1. The number of carbonyl (C=O) groups is 1. The molecule has 0 saturated heterocycles. The van der Waals surface area contributed by atoms with Crippen molar-refractivity contribution in [1.82, 2.24) is 14.6 Å². The van der Waals surface area contributed by atoms with Crippen LogP contribution in [0.5, 0.6) is 0 Å². The van der Waals surface area contributed by atoms with Crippen LogP contribution in [0.2, 0.25) is 5.02 Å². The zero-order chi connectivity index (χ0) is 17.3. The molecule has 8 heteroatoms. The van der Waals surface area contributed by atoms with Crippen LogP contribution in [0.15, 0.2) is 30.5 Å². The minimum atomic E-state index is -0.476. The predicted molar refractivity (Wildman–Crippen MR) is 93.0 cm³/mol. The first kappa shape index (κ1) is 16.5. The second-order valence-electron chi connectivity index (χ2n) is 4.89. The highest BCUT2D eigenvalue weighted by molar-refractivity contribution is 7.18. The van der Waals surface area contributed by atoms with Crippen LogP contribution in [0.4, 0.5) is 0 Å². The summed E-state index contributed by atoms with van der Waals surface area (Å²) in [6.07, 6.45) is 1.36. The summed E-state index contributed by atoms with van der Waals surface area (Å²) in [6, 6.07) is 7.39. The molecule has 0 N–H and O–H groups in total. The number of thiazole rings is 1. The van der Waals surface area contributed by atoms with Crippen LogP contribution in [-0.2, 0) is 14.3 Å². The van der Waals surface area contributed by atoms with Gasteiger partial charge in [-0.3, -0.25) is 0 Å². The molecule has 0 unspecified atom stereocenters. The number of hydrogen-bond acceptors (Lipinski definition) is 6. The molecule has 0 radical (unpaired) electrons. The summed E-state index contributed by atoms with van der Waals surface area (Å²) in [5.74, 6) is 0.0626. The molecule has 3 aromatic rings. The molecule has 0 atom stereocenters. The number of rotatable bonds is 4. The van der Waals surface area contributed by atoms with E-state index in [4.69, 9.17) is 21.1 Å². The van der Waals surface area contributed by atoms with Gasteiger partial charge in [0.25, 0.3) is 0 Å². The molecule has 24 heavy (non-hydrogen) atoms. The van der Waals surface area contributed by atoms with Crippen molar-refractivity contribution in [3.8, 4) is 11.4 Å². The summed E-state index contributed by atoms with van der Waals surface area (Å²) < 4.78 is 11.5. The number of methoxy groups -OCH3 is 2. The van der Waals surface area contributed by atoms with Gasteiger partial charge in [-0.15, -0.1) is 5.10 Å². The van der Waals surface area contributed by atoms with E-state index in [-0.39, 0.29) is 0 Å². The first-order valence-electron chi connectivity index (χ1n) is 6.99. The van der Waals surface area contributed by atoms with Gasteiger partial charge in [0.1, 0.15) is 5.57 Å². The van der Waals surface area contributed by atoms with E-state index < -0.39 is 5.97 Å². The van der Waals surface area contributed by atoms with E-state index in [2.05, 4.69) is 10.1 Å². The Morgan fingerprint density at radius 1 is 1.33 bits per heavy atom. The second kappa shape index (κ2) is 6.62. The van der Waals surface area contributed by atoms with Gasteiger partial charge in [-0.1, -0.05) is 35.1 Å². The zero-order valence-electron chi connectivity index (χ0n) is 13.2. The molecule has 1 aromatic carbocycles. The van der Waals surface area contributed by atoms with Crippen molar-refractivity contribution in [1.29, 1.82) is 0 Å². The summed E-state index contributed by atoms with van der Waals surface area (Å²) in [6.45, 7) is 1.86. The van der Waals surface area contributed by atoms with E-state index in [9.17, 15) is 4.79 Å². The first-order chi connectivity index (χ1) is 11.6. The van der Waals surface area contributed by atoms with Crippen LogP contribution >= 0.6 is 22.9 Å². The molecule has 0 amide bonds. The smallest absolute Gasteiger partial charge is 0.342 e. The van der Waals surface area contributed by atoms with Crippen molar-refractivity contribution in [2.75, 3.05) is 14.2 Å². The average molecular weight is 364 g/mol. The summed E-state index contributed by atoms with van der Waals surface area (Å²) in [5.41, 5.74) is 1.86. The van der Waals surface area contributed by atoms with Gasteiger partial charge >= 0.3 is 5.97 Å². The molecule has 6 nitrogen and oxygen atoms in total. The van der Waals surface area contributed by atoms with Crippen molar-refractivity contribution in [2.45, 2.75) is 6.92 Å². The van der Waals surface area contributed by atoms with Crippen LogP contribution in [0.1, 0.15) is 10.6 Å². The third-order valence-corrected chi connectivity index (χ3v) is 4.91. The fourth-order valence-electron chi connectivity index (χ4n) is 2.27. The molecular formula is C16H14ClN3O3S. The number of fused-ring (bicyclic) bond motifs is 1. The SMILES string of the molecule is CO/C=C(/C(=O)OC)c1sc2nc(-c3ccccc3Cl)nn2c1C. The van der Waals surface area contributed by atoms with Gasteiger partial charge in [-0.05, 0) is 19.1 Å². The van der Waals surface area contributed by atoms with E-state index in [1.807, 2.05) is 25.1 Å². The Hall–Kier alpha value is -2.38. The number of aryl methyl sites for hydroxylation is 1. The lowest BCUT2D eigenvalue weighted by molar-refractivity contribution is -0.133. The minimum absolute atomic E-state index is 0.328. The monoisotopic (exact) mass is 363 g/mol. The maximum Gasteiger partial charge on any atom is 0.342 e. The Balaban J connectivity index is 2.11. The van der Waals surface area contributed by atoms with Gasteiger partial charge in [0.15, 0.2) is 5.82 Å². The van der Waals surface area contributed by atoms with Gasteiger partial charge < -0.3 is 9.47 Å². The lowest BCUT2D eigenvalue weighted by Crippen LogP contribution is -2.05. The molecular weight excluding hydrogens is 350 g/mol. The second-order valence-corrected chi connectivity index (χ2v) is 6.27. The average Bonchev–Trinajstić information content (AvgIpc) is 3.12. The van der Waals surface area contributed by atoms with Crippen LogP contribution in [0.25, 0.3) is 21.9 Å². The van der Waals surface area contributed by atoms with E-state index in [1.165, 1.54) is 31.8 Å². The molecule has 0 aliphatic rings. The number of halogens is 1. The molecule has 124 valence electrons. The third kappa shape index (κ3) is 2.76. The van der Waals surface area contributed by atoms with Crippen LogP contribution < -0.4 is 0 Å². The van der Waals surface area contributed by atoms with Crippen LogP contribution in [0.3, 0.4) is 0 Å². The number of nitrogens with zero attached hydrogens (tertiary/aromatic N) is 3. The van der Waals surface area contributed by atoms with E-state index in [1.54, 1.807) is 10.6 Å². The number of ether oxygens (including phenoxy) is 2. The molecule has 0 aliphatic carbocycles. The number of esters is 1. The van der Waals surface area contributed by atoms with Gasteiger partial charge in [0.05, 0.1) is 36.1 Å². The van der Waals surface area contributed by atoms with Gasteiger partial charge in [0.2, 0.25) is 4.96 Å². The molecule has 2 aromatic heterocycles. The van der Waals surface area contributed by atoms with Gasteiger partial charge in [-0.2, -0.15) is 4.98 Å². The van der Waals surface area contributed by atoms with Gasteiger partial charge in [-0.25, -0.2) is 9.31 Å². The Bertz CT molecular complexity index is 945. The fourth-order valence-corrected chi connectivity index (χ4v) is 3.55. The number of benzene rings is 1. The third-order valence-electron chi connectivity index (χ3n) is 3.42. The fraction of sp³-hybridized carbons (Fsp3) is 0.188. The first-order valence-corrected chi connectivity index (χ1v) is 8.19. The number of aromatic nitrogens is 3. The topological polar surface area (TPSA) is 65.7 Å². The largest absolute Gasteiger partial charge is 0.503 e. The van der Waals surface area contributed by atoms with E-state index >= 15 is 0 Å². The summed E-state index contributed by atoms with van der Waals surface area (Å²) in [4.78, 5) is 17.8. The standard InChI is InChI=1S/C16H14ClN3O3S/c1-9-13(11(8-22-2)15(21)23-3)24-16-18-14(19-20(9)16)10-6-4-5-7-12(10)17/h4-8H,1-3H3/b11-8+. The Morgan fingerprint density at radius 2 is 2.08 bits per heavy atom. The Labute approximate surface area is 147 Å². The maximum atomic E-state index is 12.0. The minimum Gasteiger partial charge on any atom is -0.503 e. The molecule has 3 rings (SSSR count). The molecule has 0 spiro atoms. The van der Waals surface area contributed by atoms with Crippen molar-refractivity contribution >= 4 is 39.4 Å². The zero-order valence-corrected chi connectivity index (χ0v) is 14.8. The van der Waals surface area contributed by atoms with Crippen LogP contribution in [0, 0.1) is 6.92 Å². The highest BCUT2D eigenvalue weighted by Crippen LogP contribution is 2.32. The van der Waals surface area contributed by atoms with E-state index in [0.29, 0.717) is 26.3 Å². The molecule has 0 bridgehead atoms. The van der Waals surface area contributed by atoms with Crippen molar-refractivity contribution in [3.63, 3.8) is 0 Å². The van der Waals surface area contributed by atoms with E-state index in [0.717, 1.165) is 11.3 Å². The number of hydrogen-bond donors (Lipinski definition) is 0. The van der Waals surface area contributed by atoms with Crippen LogP contribution in [-0.4, -0.2) is 34.8 Å². The highest BCUT2D eigenvalue weighted by Gasteiger charge is 2.22. The summed E-state index contributed by atoms with van der Waals surface area (Å²) >= 11 is 7.54. The predicted octanol–water partition coefficient (Wildman–Crippen LogP) is 3.58. The molecule has 0 saturated carbocycles. The molecule has 0 fully saturated rings. The molecule has 0 aliphatic heterocycles.